The van der Waals surface area contributed by atoms with Crippen LogP contribution in [0.5, 0.6) is 0 Å². The maximum Gasteiger partial charge on any atom is 0.243 e. The Bertz CT molecular complexity index is 504. The van der Waals surface area contributed by atoms with Crippen molar-refractivity contribution < 1.29 is 9.53 Å². The number of halogens is 1. The Kier molecular flexibility index (Phi) is 11.2. The first-order chi connectivity index (χ1) is 10.8. The molecule has 1 rings (SSSR count). The summed E-state index contributed by atoms with van der Waals surface area (Å²) in [6.07, 6.45) is 0.924. The third kappa shape index (κ3) is 9.43. The van der Waals surface area contributed by atoms with Crippen LogP contribution in [0.25, 0.3) is 0 Å². The van der Waals surface area contributed by atoms with Crippen LogP contribution in [-0.4, -0.2) is 63.2 Å². The standard InChI is InChI=1S/C16H28N4O2S.HI/c1-16(2,22-5)12-19-15(18-11-14(21)20(3)4)17-9-8-13-7-6-10-23-13;/h6-7,10H,8-9,11-12H2,1-5H3,(H2,17,18,19);1H. The molecule has 1 heterocycles. The van der Waals surface area contributed by atoms with Crippen molar-refractivity contribution in [2.75, 3.05) is 40.8 Å². The molecule has 24 heavy (non-hydrogen) atoms. The predicted molar refractivity (Wildman–Crippen MR) is 112 cm³/mol. The highest BCUT2D eigenvalue weighted by molar-refractivity contribution is 14.0. The SMILES string of the molecule is COC(C)(C)CNC(=NCC(=O)N(C)C)NCCc1cccs1.I. The fourth-order valence-corrected chi connectivity index (χ4v) is 2.30. The van der Waals surface area contributed by atoms with Gasteiger partial charge in [0.05, 0.1) is 5.60 Å². The Labute approximate surface area is 166 Å². The highest BCUT2D eigenvalue weighted by atomic mass is 127. The minimum absolute atomic E-state index is 0. The van der Waals surface area contributed by atoms with E-state index in [9.17, 15) is 4.79 Å². The molecular weight excluding hydrogens is 439 g/mol. The van der Waals surface area contributed by atoms with E-state index in [-0.39, 0.29) is 42.0 Å². The number of hydrogen-bond donors (Lipinski definition) is 2. The molecule has 0 bridgehead atoms. The summed E-state index contributed by atoms with van der Waals surface area (Å²) in [6, 6.07) is 4.16. The second-order valence-corrected chi connectivity index (χ2v) is 7.06. The zero-order chi connectivity index (χ0) is 17.3. The summed E-state index contributed by atoms with van der Waals surface area (Å²) in [7, 11) is 5.13. The van der Waals surface area contributed by atoms with E-state index in [4.69, 9.17) is 4.74 Å². The van der Waals surface area contributed by atoms with Gasteiger partial charge in [0, 0.05) is 39.2 Å². The van der Waals surface area contributed by atoms with Gasteiger partial charge < -0.3 is 20.3 Å². The van der Waals surface area contributed by atoms with Gasteiger partial charge in [-0.05, 0) is 31.7 Å². The Balaban J connectivity index is 0.00000529. The molecule has 0 aliphatic rings. The molecule has 8 heteroatoms. The van der Waals surface area contributed by atoms with E-state index in [0.29, 0.717) is 12.5 Å². The molecule has 0 saturated carbocycles. The molecule has 0 saturated heterocycles. The minimum atomic E-state index is -0.304. The lowest BCUT2D eigenvalue weighted by Crippen LogP contribution is -2.46. The number of amides is 1. The Morgan fingerprint density at radius 1 is 1.38 bits per heavy atom. The topological polar surface area (TPSA) is 66.0 Å². The number of carbonyl (C=O) groups is 1. The van der Waals surface area contributed by atoms with Gasteiger partial charge in [0.25, 0.3) is 0 Å². The number of likely N-dealkylation sites (N-methyl/N-ethyl adjacent to an activating group) is 1. The Morgan fingerprint density at radius 2 is 2.08 bits per heavy atom. The van der Waals surface area contributed by atoms with Crippen LogP contribution in [0.1, 0.15) is 18.7 Å². The molecule has 1 amide bonds. The first kappa shape index (κ1) is 23.1. The van der Waals surface area contributed by atoms with Gasteiger partial charge >= 0.3 is 0 Å². The maximum atomic E-state index is 11.7. The second-order valence-electron chi connectivity index (χ2n) is 6.03. The van der Waals surface area contributed by atoms with Crippen LogP contribution < -0.4 is 10.6 Å². The average Bonchev–Trinajstić information content (AvgIpc) is 3.02. The number of hydrogen-bond acceptors (Lipinski definition) is 4. The molecule has 0 aromatic carbocycles. The van der Waals surface area contributed by atoms with Crippen molar-refractivity contribution in [2.45, 2.75) is 25.9 Å². The summed E-state index contributed by atoms with van der Waals surface area (Å²) in [5.74, 6) is 0.595. The number of aliphatic imine (C=N–C) groups is 1. The van der Waals surface area contributed by atoms with Crippen LogP contribution in [0, 0.1) is 0 Å². The van der Waals surface area contributed by atoms with Crippen LogP contribution in [0.4, 0.5) is 0 Å². The van der Waals surface area contributed by atoms with Gasteiger partial charge in [0.1, 0.15) is 6.54 Å². The molecular formula is C16H29IN4O2S. The second kappa shape index (κ2) is 11.6. The molecule has 0 spiro atoms. The number of nitrogens with one attached hydrogen (secondary N) is 2. The normalized spacial score (nSPS) is 11.6. The van der Waals surface area contributed by atoms with Crippen LogP contribution in [-0.2, 0) is 16.0 Å². The third-order valence-electron chi connectivity index (χ3n) is 3.35. The molecule has 1 aromatic rings. The number of carbonyl (C=O) groups excluding carboxylic acids is 1. The van der Waals surface area contributed by atoms with Gasteiger partial charge in [-0.25, -0.2) is 4.99 Å². The summed E-state index contributed by atoms with van der Waals surface area (Å²) in [6.45, 7) is 5.47. The van der Waals surface area contributed by atoms with Gasteiger partial charge in [-0.1, -0.05) is 6.07 Å². The van der Waals surface area contributed by atoms with Crippen molar-refractivity contribution in [1.29, 1.82) is 0 Å². The van der Waals surface area contributed by atoms with E-state index in [1.807, 2.05) is 19.9 Å². The zero-order valence-electron chi connectivity index (χ0n) is 15.1. The Morgan fingerprint density at radius 3 is 2.62 bits per heavy atom. The minimum Gasteiger partial charge on any atom is -0.377 e. The number of rotatable bonds is 8. The predicted octanol–water partition coefficient (Wildman–Crippen LogP) is 1.96. The fraction of sp³-hybridized carbons (Fsp3) is 0.625. The number of methoxy groups -OCH3 is 1. The number of thiophene rings is 1. The van der Waals surface area contributed by atoms with Crippen molar-refractivity contribution in [3.05, 3.63) is 22.4 Å². The van der Waals surface area contributed by atoms with Gasteiger partial charge in [-0.2, -0.15) is 0 Å². The molecule has 6 nitrogen and oxygen atoms in total. The Hall–Kier alpha value is -0.870. The third-order valence-corrected chi connectivity index (χ3v) is 4.29. The first-order valence-electron chi connectivity index (χ1n) is 7.64. The molecule has 0 aliphatic heterocycles. The van der Waals surface area contributed by atoms with Crippen LogP contribution >= 0.6 is 35.3 Å². The zero-order valence-corrected chi connectivity index (χ0v) is 18.2. The summed E-state index contributed by atoms with van der Waals surface area (Å²) in [5, 5.41) is 8.57. The van der Waals surface area contributed by atoms with E-state index < -0.39 is 0 Å². The molecule has 138 valence electrons. The van der Waals surface area contributed by atoms with Crippen molar-refractivity contribution in [2.24, 2.45) is 4.99 Å². The monoisotopic (exact) mass is 468 g/mol. The van der Waals surface area contributed by atoms with Gasteiger partial charge in [-0.3, -0.25) is 4.79 Å². The summed E-state index contributed by atoms with van der Waals surface area (Å²) >= 11 is 1.74. The van der Waals surface area contributed by atoms with E-state index in [1.54, 1.807) is 32.5 Å². The van der Waals surface area contributed by atoms with E-state index >= 15 is 0 Å². The lowest BCUT2D eigenvalue weighted by atomic mass is 10.1. The van der Waals surface area contributed by atoms with Gasteiger partial charge in [0.2, 0.25) is 5.91 Å². The molecule has 0 radical (unpaired) electrons. The average molecular weight is 468 g/mol. The van der Waals surface area contributed by atoms with E-state index in [1.165, 1.54) is 9.78 Å². The van der Waals surface area contributed by atoms with E-state index in [0.717, 1.165) is 13.0 Å². The van der Waals surface area contributed by atoms with Crippen molar-refractivity contribution in [3.63, 3.8) is 0 Å². The lowest BCUT2D eigenvalue weighted by Gasteiger charge is -2.24. The molecule has 0 aliphatic carbocycles. The summed E-state index contributed by atoms with van der Waals surface area (Å²) in [5.41, 5.74) is -0.304. The van der Waals surface area contributed by atoms with Crippen LogP contribution in [0.15, 0.2) is 22.5 Å². The largest absolute Gasteiger partial charge is 0.377 e. The quantitative estimate of drug-likeness (QED) is 0.348. The van der Waals surface area contributed by atoms with Gasteiger partial charge in [0.15, 0.2) is 5.96 Å². The molecule has 1 aromatic heterocycles. The smallest absolute Gasteiger partial charge is 0.243 e. The van der Waals surface area contributed by atoms with Crippen molar-refractivity contribution in [1.82, 2.24) is 15.5 Å². The van der Waals surface area contributed by atoms with Crippen molar-refractivity contribution >= 4 is 47.2 Å². The molecule has 0 atom stereocenters. The fourth-order valence-electron chi connectivity index (χ4n) is 1.59. The van der Waals surface area contributed by atoms with E-state index in [2.05, 4.69) is 27.1 Å². The first-order valence-corrected chi connectivity index (χ1v) is 8.52. The van der Waals surface area contributed by atoms with Crippen LogP contribution in [0.3, 0.4) is 0 Å². The number of guanidine groups is 1. The highest BCUT2D eigenvalue weighted by Crippen LogP contribution is 2.08. The number of nitrogens with zero attached hydrogens (tertiary/aromatic N) is 2. The van der Waals surface area contributed by atoms with Gasteiger partial charge in [-0.15, -0.1) is 35.3 Å². The summed E-state index contributed by atoms with van der Waals surface area (Å²) < 4.78 is 5.40. The van der Waals surface area contributed by atoms with Crippen molar-refractivity contribution in [3.8, 4) is 0 Å². The number of ether oxygens (including phenoxy) is 1. The summed E-state index contributed by atoms with van der Waals surface area (Å²) in [4.78, 5) is 18.9. The lowest BCUT2D eigenvalue weighted by molar-refractivity contribution is -0.127. The van der Waals surface area contributed by atoms with Crippen LogP contribution in [0.2, 0.25) is 0 Å². The molecule has 2 N–H and O–H groups in total. The molecule has 0 fully saturated rings. The maximum absolute atomic E-state index is 11.7. The molecule has 0 unspecified atom stereocenters. The highest BCUT2D eigenvalue weighted by Gasteiger charge is 2.16.